The molecule has 0 fully saturated rings. The molecule has 6 heteroatoms. The fourth-order valence-electron chi connectivity index (χ4n) is 2.08. The van der Waals surface area contributed by atoms with E-state index < -0.39 is 5.91 Å². The third kappa shape index (κ3) is 5.10. The van der Waals surface area contributed by atoms with Crippen LogP contribution in [0.4, 0.5) is 0 Å². The lowest BCUT2D eigenvalue weighted by Crippen LogP contribution is -2.36. The highest BCUT2D eigenvalue weighted by Crippen LogP contribution is 2.14. The Bertz CT molecular complexity index is 693. The quantitative estimate of drug-likeness (QED) is 0.562. The monoisotopic (exact) mass is 330 g/mol. The predicted octanol–water partition coefficient (Wildman–Crippen LogP) is 2.41. The van der Waals surface area contributed by atoms with Gasteiger partial charge in [-0.1, -0.05) is 12.1 Å². The van der Waals surface area contributed by atoms with Gasteiger partial charge in [0.2, 0.25) is 5.91 Å². The lowest BCUT2D eigenvalue weighted by molar-refractivity contribution is 0.1000. The van der Waals surface area contributed by atoms with E-state index >= 15 is 0 Å². The number of amides is 1. The third-order valence-corrected chi connectivity index (χ3v) is 4.38. The van der Waals surface area contributed by atoms with E-state index in [1.807, 2.05) is 19.1 Å². The molecule has 1 aromatic heterocycles. The van der Waals surface area contributed by atoms with Crippen LogP contribution in [0, 0.1) is 6.92 Å². The average molecular weight is 330 g/mol. The Labute approximate surface area is 140 Å². The molecule has 0 spiro atoms. The van der Waals surface area contributed by atoms with Crippen LogP contribution in [-0.2, 0) is 13.1 Å². The molecule has 0 unspecified atom stereocenters. The van der Waals surface area contributed by atoms with Crippen molar-refractivity contribution in [2.45, 2.75) is 26.9 Å². The van der Waals surface area contributed by atoms with E-state index in [0.717, 1.165) is 24.6 Å². The zero-order chi connectivity index (χ0) is 16.7. The highest BCUT2D eigenvalue weighted by atomic mass is 32.1. The first-order valence-electron chi connectivity index (χ1n) is 7.54. The smallest absolute Gasteiger partial charge is 0.248 e. The van der Waals surface area contributed by atoms with Crippen molar-refractivity contribution in [3.8, 4) is 0 Å². The van der Waals surface area contributed by atoms with Crippen molar-refractivity contribution in [2.24, 2.45) is 10.7 Å². The van der Waals surface area contributed by atoms with Crippen LogP contribution in [0.5, 0.6) is 0 Å². The van der Waals surface area contributed by atoms with Gasteiger partial charge in [0.25, 0.3) is 0 Å². The summed E-state index contributed by atoms with van der Waals surface area (Å²) in [4.78, 5) is 17.1. The Morgan fingerprint density at radius 3 is 2.78 bits per heavy atom. The van der Waals surface area contributed by atoms with Crippen molar-refractivity contribution >= 4 is 23.2 Å². The topological polar surface area (TPSA) is 79.5 Å². The molecule has 2 rings (SSSR count). The van der Waals surface area contributed by atoms with Crippen LogP contribution < -0.4 is 16.4 Å². The number of guanidine groups is 1. The Morgan fingerprint density at radius 2 is 2.13 bits per heavy atom. The molecule has 0 aliphatic rings. The van der Waals surface area contributed by atoms with E-state index in [2.05, 4.69) is 34.0 Å². The molecule has 1 heterocycles. The summed E-state index contributed by atoms with van der Waals surface area (Å²) in [7, 11) is 0. The summed E-state index contributed by atoms with van der Waals surface area (Å²) in [5.74, 6) is 0.332. The van der Waals surface area contributed by atoms with Crippen LogP contribution in [0.3, 0.4) is 0 Å². The fraction of sp³-hybridized carbons (Fsp3) is 0.294. The normalized spacial score (nSPS) is 11.3. The number of hydrogen-bond donors (Lipinski definition) is 3. The number of primary amides is 1. The highest BCUT2D eigenvalue weighted by Gasteiger charge is 2.04. The van der Waals surface area contributed by atoms with E-state index in [0.29, 0.717) is 12.1 Å². The van der Waals surface area contributed by atoms with Crippen molar-refractivity contribution in [2.75, 3.05) is 6.54 Å². The number of nitrogens with zero attached hydrogens (tertiary/aromatic N) is 1. The van der Waals surface area contributed by atoms with Crippen LogP contribution in [0.25, 0.3) is 0 Å². The van der Waals surface area contributed by atoms with Gasteiger partial charge in [-0.25, -0.2) is 4.99 Å². The van der Waals surface area contributed by atoms with Gasteiger partial charge in [-0.2, -0.15) is 0 Å². The zero-order valence-electron chi connectivity index (χ0n) is 13.4. The van der Waals surface area contributed by atoms with Gasteiger partial charge in [-0.15, -0.1) is 11.3 Å². The van der Waals surface area contributed by atoms with Crippen LogP contribution in [0.2, 0.25) is 0 Å². The molecule has 0 saturated heterocycles. The standard InChI is InChI=1S/C17H22N4OS/c1-3-19-17(21-11-15-12(2)7-8-23-15)20-10-13-5-4-6-14(9-13)16(18)22/h4-9H,3,10-11H2,1-2H3,(H2,18,22)(H2,19,20,21). The number of aliphatic imine (C=N–C) groups is 1. The second-order valence-corrected chi connectivity index (χ2v) is 6.14. The second kappa shape index (κ2) is 8.33. The Morgan fingerprint density at radius 1 is 1.30 bits per heavy atom. The summed E-state index contributed by atoms with van der Waals surface area (Å²) < 4.78 is 0. The fourth-order valence-corrected chi connectivity index (χ4v) is 2.93. The Hall–Kier alpha value is -2.34. The largest absolute Gasteiger partial charge is 0.366 e. The van der Waals surface area contributed by atoms with Gasteiger partial charge >= 0.3 is 0 Å². The molecule has 23 heavy (non-hydrogen) atoms. The number of benzene rings is 1. The van der Waals surface area contributed by atoms with Gasteiger partial charge in [-0.3, -0.25) is 4.79 Å². The SMILES string of the molecule is CCNC(=NCc1cccc(C(N)=O)c1)NCc1sccc1C. The van der Waals surface area contributed by atoms with E-state index in [1.54, 1.807) is 23.5 Å². The average Bonchev–Trinajstić information content (AvgIpc) is 2.95. The minimum Gasteiger partial charge on any atom is -0.366 e. The van der Waals surface area contributed by atoms with Crippen LogP contribution in [-0.4, -0.2) is 18.4 Å². The minimum atomic E-state index is -0.422. The molecule has 2 aromatic rings. The number of carbonyl (C=O) groups is 1. The van der Waals surface area contributed by atoms with Crippen molar-refractivity contribution in [1.82, 2.24) is 10.6 Å². The molecular weight excluding hydrogens is 308 g/mol. The van der Waals surface area contributed by atoms with Gasteiger partial charge in [0.05, 0.1) is 13.1 Å². The molecule has 0 aliphatic carbocycles. The molecule has 4 N–H and O–H groups in total. The van der Waals surface area contributed by atoms with E-state index in [1.165, 1.54) is 10.4 Å². The number of nitrogens with two attached hydrogens (primary N) is 1. The number of hydrogen-bond acceptors (Lipinski definition) is 3. The predicted molar refractivity (Wildman–Crippen MR) is 95.7 cm³/mol. The van der Waals surface area contributed by atoms with Crippen LogP contribution in [0.1, 0.15) is 33.3 Å². The van der Waals surface area contributed by atoms with Crippen molar-refractivity contribution in [3.63, 3.8) is 0 Å². The molecule has 0 aliphatic heterocycles. The summed E-state index contributed by atoms with van der Waals surface area (Å²) >= 11 is 1.73. The first kappa shape index (κ1) is 17.0. The van der Waals surface area contributed by atoms with Gasteiger partial charge < -0.3 is 16.4 Å². The number of nitrogens with one attached hydrogen (secondary N) is 2. The lowest BCUT2D eigenvalue weighted by atomic mass is 10.1. The molecule has 1 aromatic carbocycles. The number of aryl methyl sites for hydroxylation is 1. The molecule has 0 radical (unpaired) electrons. The van der Waals surface area contributed by atoms with E-state index in [-0.39, 0.29) is 0 Å². The van der Waals surface area contributed by atoms with Gasteiger partial charge in [0, 0.05) is 17.0 Å². The van der Waals surface area contributed by atoms with Gasteiger partial charge in [-0.05, 0) is 48.6 Å². The third-order valence-electron chi connectivity index (χ3n) is 3.36. The van der Waals surface area contributed by atoms with E-state index in [9.17, 15) is 4.79 Å². The van der Waals surface area contributed by atoms with Crippen molar-refractivity contribution < 1.29 is 4.79 Å². The van der Waals surface area contributed by atoms with E-state index in [4.69, 9.17) is 5.73 Å². The first-order chi connectivity index (χ1) is 11.1. The number of carbonyl (C=O) groups excluding carboxylic acids is 1. The van der Waals surface area contributed by atoms with Crippen molar-refractivity contribution in [3.05, 3.63) is 57.3 Å². The van der Waals surface area contributed by atoms with Crippen LogP contribution in [0.15, 0.2) is 40.7 Å². The summed E-state index contributed by atoms with van der Waals surface area (Å²) in [6.45, 7) is 6.15. The van der Waals surface area contributed by atoms with Gasteiger partial charge in [0.1, 0.15) is 0 Å². The van der Waals surface area contributed by atoms with Crippen molar-refractivity contribution in [1.29, 1.82) is 0 Å². The first-order valence-corrected chi connectivity index (χ1v) is 8.42. The minimum absolute atomic E-state index is 0.422. The maximum absolute atomic E-state index is 11.2. The Balaban J connectivity index is 2.02. The molecule has 1 amide bonds. The maximum atomic E-state index is 11.2. The summed E-state index contributed by atoms with van der Waals surface area (Å²) in [5.41, 5.74) is 8.04. The summed E-state index contributed by atoms with van der Waals surface area (Å²) in [6.07, 6.45) is 0. The molecule has 122 valence electrons. The number of thiophene rings is 1. The van der Waals surface area contributed by atoms with Crippen LogP contribution >= 0.6 is 11.3 Å². The zero-order valence-corrected chi connectivity index (χ0v) is 14.2. The summed E-state index contributed by atoms with van der Waals surface area (Å²) in [6, 6.07) is 9.35. The van der Waals surface area contributed by atoms with Gasteiger partial charge in [0.15, 0.2) is 5.96 Å². The molecule has 0 bridgehead atoms. The molecule has 0 saturated carbocycles. The Kier molecular flexibility index (Phi) is 6.17. The molecule has 5 nitrogen and oxygen atoms in total. The highest BCUT2D eigenvalue weighted by molar-refractivity contribution is 7.10. The lowest BCUT2D eigenvalue weighted by Gasteiger charge is -2.11. The molecule has 0 atom stereocenters. The maximum Gasteiger partial charge on any atom is 0.248 e. The number of rotatable bonds is 6. The summed E-state index contributed by atoms with van der Waals surface area (Å²) in [5, 5.41) is 8.64. The molecular formula is C17H22N4OS. The second-order valence-electron chi connectivity index (χ2n) is 5.14.